The van der Waals surface area contributed by atoms with Crippen LogP contribution in [0.2, 0.25) is 0 Å². The van der Waals surface area contributed by atoms with Gasteiger partial charge in [0.1, 0.15) is 5.54 Å². The van der Waals surface area contributed by atoms with Gasteiger partial charge in [-0.05, 0) is 37.7 Å². The summed E-state index contributed by atoms with van der Waals surface area (Å²) >= 11 is 0. The van der Waals surface area contributed by atoms with Gasteiger partial charge in [-0.2, -0.15) is 0 Å². The molecule has 0 radical (unpaired) electrons. The molecule has 0 aliphatic carbocycles. The second-order valence-electron chi connectivity index (χ2n) is 7.35. The monoisotopic (exact) mass is 403 g/mol. The van der Waals surface area contributed by atoms with Crippen LogP contribution in [0.5, 0.6) is 0 Å². The number of hydrogen-bond donors (Lipinski definition) is 2. The van der Waals surface area contributed by atoms with Gasteiger partial charge in [0.05, 0.1) is 6.61 Å². The van der Waals surface area contributed by atoms with E-state index >= 15 is 0 Å². The van der Waals surface area contributed by atoms with Crippen LogP contribution in [-0.4, -0.2) is 49.7 Å². The predicted octanol–water partition coefficient (Wildman–Crippen LogP) is 2.32. The van der Waals surface area contributed by atoms with Crippen molar-refractivity contribution >= 4 is 30.7 Å². The number of carbonyl (C=O) groups is 1. The summed E-state index contributed by atoms with van der Waals surface area (Å²) in [5, 5.41) is 3.16. The van der Waals surface area contributed by atoms with Gasteiger partial charge >= 0.3 is 0 Å². The van der Waals surface area contributed by atoms with Crippen molar-refractivity contribution in [2.45, 2.75) is 37.8 Å². The number of nitrogens with two attached hydrogens (primary N) is 1. The topological polar surface area (TPSA) is 67.6 Å². The molecule has 1 aromatic rings. The molecule has 0 aromatic heterocycles. The van der Waals surface area contributed by atoms with E-state index in [0.717, 1.165) is 51.3 Å². The lowest BCUT2D eigenvalue weighted by atomic mass is 9.91. The van der Waals surface area contributed by atoms with Crippen molar-refractivity contribution in [2.24, 2.45) is 11.7 Å². The Morgan fingerprint density at radius 1 is 1.23 bits per heavy atom. The molecule has 2 unspecified atom stereocenters. The summed E-state index contributed by atoms with van der Waals surface area (Å²) in [4.78, 5) is 15.1. The zero-order valence-electron chi connectivity index (χ0n) is 15.4. The minimum atomic E-state index is -0.987. The van der Waals surface area contributed by atoms with Gasteiger partial charge in [0, 0.05) is 32.3 Å². The summed E-state index contributed by atoms with van der Waals surface area (Å²) in [6, 6.07) is 9.80. The molecule has 2 fully saturated rings. The molecule has 1 aromatic carbocycles. The Morgan fingerprint density at radius 3 is 2.46 bits per heavy atom. The van der Waals surface area contributed by atoms with Crippen molar-refractivity contribution in [3.05, 3.63) is 35.9 Å². The quantitative estimate of drug-likeness (QED) is 0.791. The Morgan fingerprint density at radius 2 is 1.88 bits per heavy atom. The van der Waals surface area contributed by atoms with Crippen molar-refractivity contribution in [3.63, 3.8) is 0 Å². The molecular formula is C19H31Cl2N3O2. The maximum atomic E-state index is 12.6. The molecule has 1 amide bonds. The first kappa shape index (κ1) is 23.2. The lowest BCUT2D eigenvalue weighted by Gasteiger charge is -2.35. The molecule has 2 atom stereocenters. The smallest absolute Gasteiger partial charge is 0.244 e. The third-order valence-corrected chi connectivity index (χ3v) is 5.31. The second-order valence-corrected chi connectivity index (χ2v) is 7.35. The molecule has 0 bridgehead atoms. The van der Waals surface area contributed by atoms with Gasteiger partial charge in [-0.25, -0.2) is 0 Å². The number of piperidine rings is 1. The van der Waals surface area contributed by atoms with Crippen LogP contribution in [0, 0.1) is 5.92 Å². The molecule has 2 saturated heterocycles. The van der Waals surface area contributed by atoms with Crippen LogP contribution < -0.4 is 11.1 Å². The highest BCUT2D eigenvalue weighted by molar-refractivity contribution is 5.87. The van der Waals surface area contributed by atoms with E-state index in [-0.39, 0.29) is 36.8 Å². The lowest BCUT2D eigenvalue weighted by Crippen LogP contribution is -2.54. The molecule has 3 rings (SSSR count). The van der Waals surface area contributed by atoms with Gasteiger partial charge in [0.15, 0.2) is 0 Å². The van der Waals surface area contributed by atoms with Crippen LogP contribution >= 0.6 is 24.8 Å². The van der Waals surface area contributed by atoms with E-state index in [4.69, 9.17) is 10.5 Å². The van der Waals surface area contributed by atoms with Crippen molar-refractivity contribution in [1.82, 2.24) is 10.2 Å². The third kappa shape index (κ3) is 5.83. The maximum Gasteiger partial charge on any atom is 0.244 e. The van der Waals surface area contributed by atoms with Crippen LogP contribution in [0.1, 0.15) is 31.7 Å². The third-order valence-electron chi connectivity index (χ3n) is 5.31. The fourth-order valence-electron chi connectivity index (χ4n) is 3.60. The van der Waals surface area contributed by atoms with Gasteiger partial charge in [-0.1, -0.05) is 30.3 Å². The number of likely N-dealkylation sites (tertiary alicyclic amines) is 1. The van der Waals surface area contributed by atoms with Crippen LogP contribution in [0.3, 0.4) is 0 Å². The Balaban J connectivity index is 0.00000169. The predicted molar refractivity (Wildman–Crippen MR) is 109 cm³/mol. The van der Waals surface area contributed by atoms with Crippen molar-refractivity contribution < 1.29 is 9.53 Å². The van der Waals surface area contributed by atoms with E-state index < -0.39 is 5.54 Å². The number of ether oxygens (including phenoxy) is 1. The summed E-state index contributed by atoms with van der Waals surface area (Å²) in [5.41, 5.74) is 6.16. The van der Waals surface area contributed by atoms with Gasteiger partial charge in [0.25, 0.3) is 0 Å². The summed E-state index contributed by atoms with van der Waals surface area (Å²) in [6.07, 6.45) is 3.16. The molecular weight excluding hydrogens is 373 g/mol. The average molecular weight is 404 g/mol. The molecule has 0 saturated carbocycles. The first-order valence-corrected chi connectivity index (χ1v) is 9.01. The summed E-state index contributed by atoms with van der Waals surface area (Å²) in [5.74, 6) is 0.595. The lowest BCUT2D eigenvalue weighted by molar-refractivity contribution is -0.127. The SMILES string of the molecule is CC(N)(C(=O)NC1CCN(CC2CCOC2)CC1)c1ccccc1.Cl.Cl. The number of benzene rings is 1. The minimum absolute atomic E-state index is 0. The molecule has 7 heteroatoms. The number of amides is 1. The second kappa shape index (κ2) is 10.5. The molecule has 26 heavy (non-hydrogen) atoms. The number of hydrogen-bond acceptors (Lipinski definition) is 4. The Bertz CT molecular complexity index is 543. The fraction of sp³-hybridized carbons (Fsp3) is 0.632. The highest BCUT2D eigenvalue weighted by atomic mass is 35.5. The first-order chi connectivity index (χ1) is 11.6. The standard InChI is InChI=1S/C19H29N3O2.2ClH/c1-19(20,16-5-3-2-4-6-16)18(23)21-17-7-10-22(11-8-17)13-15-9-12-24-14-15;;/h2-6,15,17H,7-14,20H2,1H3,(H,21,23);2*1H. The van der Waals surface area contributed by atoms with Crippen LogP contribution in [0.4, 0.5) is 0 Å². The molecule has 0 spiro atoms. The molecule has 5 nitrogen and oxygen atoms in total. The summed E-state index contributed by atoms with van der Waals surface area (Å²) in [7, 11) is 0. The number of nitrogens with one attached hydrogen (secondary N) is 1. The number of nitrogens with zero attached hydrogens (tertiary/aromatic N) is 1. The molecule has 148 valence electrons. The number of halogens is 2. The van der Waals surface area contributed by atoms with Gasteiger partial charge in [-0.15, -0.1) is 24.8 Å². The van der Waals surface area contributed by atoms with Crippen LogP contribution in [0.25, 0.3) is 0 Å². The van der Waals surface area contributed by atoms with Crippen molar-refractivity contribution in [1.29, 1.82) is 0 Å². The normalized spacial score (nSPS) is 23.4. The highest BCUT2D eigenvalue weighted by Gasteiger charge is 2.33. The molecule has 2 aliphatic rings. The Labute approximate surface area is 168 Å². The van der Waals surface area contributed by atoms with E-state index in [1.165, 1.54) is 6.42 Å². The zero-order chi connectivity index (χ0) is 17.0. The van der Waals surface area contributed by atoms with Crippen LogP contribution in [-0.2, 0) is 15.1 Å². The summed E-state index contributed by atoms with van der Waals surface area (Å²) in [6.45, 7) is 6.79. The minimum Gasteiger partial charge on any atom is -0.381 e. The van der Waals surface area contributed by atoms with Gasteiger partial charge < -0.3 is 20.7 Å². The van der Waals surface area contributed by atoms with Crippen LogP contribution in [0.15, 0.2) is 30.3 Å². The van der Waals surface area contributed by atoms with Gasteiger partial charge in [0.2, 0.25) is 5.91 Å². The Kier molecular flexibility index (Phi) is 9.34. The van der Waals surface area contributed by atoms with E-state index in [9.17, 15) is 4.79 Å². The van der Waals surface area contributed by atoms with E-state index in [2.05, 4.69) is 10.2 Å². The number of carbonyl (C=O) groups excluding carboxylic acids is 1. The van der Waals surface area contributed by atoms with E-state index in [1.54, 1.807) is 6.92 Å². The first-order valence-electron chi connectivity index (χ1n) is 9.01. The van der Waals surface area contributed by atoms with Crippen molar-refractivity contribution in [2.75, 3.05) is 32.8 Å². The largest absolute Gasteiger partial charge is 0.381 e. The van der Waals surface area contributed by atoms with E-state index in [0.29, 0.717) is 5.92 Å². The van der Waals surface area contributed by atoms with E-state index in [1.807, 2.05) is 30.3 Å². The van der Waals surface area contributed by atoms with Gasteiger partial charge in [-0.3, -0.25) is 4.79 Å². The maximum absolute atomic E-state index is 12.6. The fourth-order valence-corrected chi connectivity index (χ4v) is 3.60. The Hall–Kier alpha value is -0.850. The zero-order valence-corrected chi connectivity index (χ0v) is 17.0. The molecule has 3 N–H and O–H groups in total. The molecule has 2 heterocycles. The number of rotatable bonds is 5. The summed E-state index contributed by atoms with van der Waals surface area (Å²) < 4.78 is 5.45. The van der Waals surface area contributed by atoms with Crippen molar-refractivity contribution in [3.8, 4) is 0 Å². The molecule has 2 aliphatic heterocycles. The average Bonchev–Trinajstić information content (AvgIpc) is 3.10. The highest BCUT2D eigenvalue weighted by Crippen LogP contribution is 2.20.